The van der Waals surface area contributed by atoms with Crippen LogP contribution in [0.1, 0.15) is 37.6 Å². The summed E-state index contributed by atoms with van der Waals surface area (Å²) in [4.78, 5) is 34.5. The normalized spacial score (nSPS) is 10.7. The van der Waals surface area contributed by atoms with Crippen molar-refractivity contribution in [2.75, 3.05) is 13.2 Å². The number of hydrogen-bond donors (Lipinski definition) is 1. The summed E-state index contributed by atoms with van der Waals surface area (Å²) in [6.07, 6.45) is -0.599. The van der Waals surface area contributed by atoms with Crippen molar-refractivity contribution in [2.45, 2.75) is 32.8 Å². The number of ether oxygens (including phenoxy) is 2. The van der Waals surface area contributed by atoms with Crippen LogP contribution in [0.5, 0.6) is 0 Å². The largest absolute Gasteiger partial charge is 0.457 e. The molecule has 0 heterocycles. The van der Waals surface area contributed by atoms with Crippen LogP contribution in [0.3, 0.4) is 0 Å². The maximum Gasteiger partial charge on any atom is 0.407 e. The van der Waals surface area contributed by atoms with Crippen LogP contribution in [-0.2, 0) is 14.3 Å². The summed E-state index contributed by atoms with van der Waals surface area (Å²) in [6.45, 7) is 4.84. The lowest BCUT2D eigenvalue weighted by Gasteiger charge is -2.19. The summed E-state index contributed by atoms with van der Waals surface area (Å²) >= 11 is 0. The molecule has 1 amide bonds. The topological polar surface area (TPSA) is 81.7 Å². The zero-order valence-electron chi connectivity index (χ0n) is 13.0. The monoisotopic (exact) mass is 307 g/mol. The fourth-order valence-electron chi connectivity index (χ4n) is 1.59. The molecule has 6 nitrogen and oxygen atoms in total. The third kappa shape index (κ3) is 7.42. The minimum atomic E-state index is -0.758. The van der Waals surface area contributed by atoms with Crippen LogP contribution in [-0.4, -0.2) is 36.6 Å². The van der Waals surface area contributed by atoms with Gasteiger partial charge in [-0.25, -0.2) is 9.59 Å². The highest BCUT2D eigenvalue weighted by molar-refractivity contribution is 5.96. The number of hydrogen-bond acceptors (Lipinski definition) is 5. The number of ketones is 1. The standard InChI is InChI=1S/C16H21NO5/c1-16(2,3)22-14(19)11-21-15(20)17-10-9-13(18)12-7-5-4-6-8-12/h4-8H,9-11H2,1-3H3,(H,17,20). The van der Waals surface area contributed by atoms with Gasteiger partial charge in [0.25, 0.3) is 0 Å². The predicted molar refractivity (Wildman–Crippen MR) is 80.6 cm³/mol. The molecule has 0 aromatic heterocycles. The number of carbonyl (C=O) groups excluding carboxylic acids is 3. The number of nitrogens with one attached hydrogen (secondary N) is 1. The number of alkyl carbamates (subject to hydrolysis) is 1. The Morgan fingerprint density at radius 2 is 1.73 bits per heavy atom. The zero-order valence-corrected chi connectivity index (χ0v) is 13.0. The van der Waals surface area contributed by atoms with Crippen molar-refractivity contribution in [3.05, 3.63) is 35.9 Å². The Bertz CT molecular complexity index is 519. The molecule has 0 saturated carbocycles. The average Bonchev–Trinajstić information content (AvgIpc) is 2.44. The summed E-state index contributed by atoms with van der Waals surface area (Å²) < 4.78 is 9.69. The van der Waals surface area contributed by atoms with Crippen LogP contribution in [0.4, 0.5) is 4.79 Å². The Hall–Kier alpha value is -2.37. The van der Waals surface area contributed by atoms with E-state index < -0.39 is 24.3 Å². The van der Waals surface area contributed by atoms with E-state index in [9.17, 15) is 14.4 Å². The highest BCUT2D eigenvalue weighted by Crippen LogP contribution is 2.06. The first kappa shape index (κ1) is 17.7. The molecule has 1 N–H and O–H groups in total. The molecule has 0 unspecified atom stereocenters. The van der Waals surface area contributed by atoms with Crippen molar-refractivity contribution in [1.29, 1.82) is 0 Å². The van der Waals surface area contributed by atoms with Gasteiger partial charge in [0.15, 0.2) is 12.4 Å². The fourth-order valence-corrected chi connectivity index (χ4v) is 1.59. The smallest absolute Gasteiger partial charge is 0.407 e. The van der Waals surface area contributed by atoms with Crippen molar-refractivity contribution < 1.29 is 23.9 Å². The first-order chi connectivity index (χ1) is 10.3. The highest BCUT2D eigenvalue weighted by Gasteiger charge is 2.17. The highest BCUT2D eigenvalue weighted by atomic mass is 16.6. The van der Waals surface area contributed by atoms with E-state index in [1.807, 2.05) is 6.07 Å². The minimum absolute atomic E-state index is 0.0759. The lowest BCUT2D eigenvalue weighted by Crippen LogP contribution is -2.31. The Balaban J connectivity index is 2.21. The van der Waals surface area contributed by atoms with Crippen LogP contribution in [0, 0.1) is 0 Å². The summed E-state index contributed by atoms with van der Waals surface area (Å²) in [6, 6.07) is 8.79. The molecular weight excluding hydrogens is 286 g/mol. The van der Waals surface area contributed by atoms with Crippen LogP contribution < -0.4 is 5.32 Å². The molecule has 0 fully saturated rings. The van der Waals surface area contributed by atoms with E-state index in [1.54, 1.807) is 45.0 Å². The molecule has 1 aromatic rings. The molecule has 0 aliphatic rings. The van der Waals surface area contributed by atoms with Gasteiger partial charge in [-0.2, -0.15) is 0 Å². The zero-order chi connectivity index (χ0) is 16.6. The number of benzene rings is 1. The number of rotatable bonds is 6. The van der Waals surface area contributed by atoms with Crippen molar-refractivity contribution in [3.8, 4) is 0 Å². The number of amides is 1. The number of carbonyl (C=O) groups is 3. The third-order valence-corrected chi connectivity index (χ3v) is 2.46. The van der Waals surface area contributed by atoms with E-state index in [4.69, 9.17) is 9.47 Å². The Labute approximate surface area is 129 Å². The SMILES string of the molecule is CC(C)(C)OC(=O)COC(=O)NCCC(=O)c1ccccc1. The van der Waals surface area contributed by atoms with E-state index in [0.717, 1.165) is 0 Å². The lowest BCUT2D eigenvalue weighted by atomic mass is 10.1. The molecule has 0 aliphatic heterocycles. The molecule has 22 heavy (non-hydrogen) atoms. The summed E-state index contributed by atoms with van der Waals surface area (Å²) in [5.41, 5.74) is -0.0367. The van der Waals surface area contributed by atoms with E-state index in [0.29, 0.717) is 5.56 Å². The first-order valence-electron chi connectivity index (χ1n) is 6.98. The van der Waals surface area contributed by atoms with Gasteiger partial charge in [0.2, 0.25) is 0 Å². The van der Waals surface area contributed by atoms with E-state index in [2.05, 4.69) is 5.32 Å². The van der Waals surface area contributed by atoms with Gasteiger partial charge in [-0.05, 0) is 20.8 Å². The molecule has 0 aliphatic carbocycles. The van der Waals surface area contributed by atoms with Gasteiger partial charge in [-0.3, -0.25) is 4.79 Å². The molecule has 6 heteroatoms. The van der Waals surface area contributed by atoms with Crippen molar-refractivity contribution >= 4 is 17.8 Å². The van der Waals surface area contributed by atoms with Gasteiger partial charge in [-0.15, -0.1) is 0 Å². The second-order valence-corrected chi connectivity index (χ2v) is 5.63. The quantitative estimate of drug-likeness (QED) is 0.644. The Kier molecular flexibility index (Phi) is 6.56. The molecule has 120 valence electrons. The summed E-state index contributed by atoms with van der Waals surface area (Å²) in [7, 11) is 0. The summed E-state index contributed by atoms with van der Waals surface area (Å²) in [5, 5.41) is 2.41. The van der Waals surface area contributed by atoms with Gasteiger partial charge in [0.1, 0.15) is 5.60 Å². The lowest BCUT2D eigenvalue weighted by molar-refractivity contribution is -0.158. The van der Waals surface area contributed by atoms with Crippen LogP contribution >= 0.6 is 0 Å². The Morgan fingerprint density at radius 1 is 1.09 bits per heavy atom. The second-order valence-electron chi connectivity index (χ2n) is 5.63. The molecule has 0 atom stereocenters. The van der Waals surface area contributed by atoms with Gasteiger partial charge in [0.05, 0.1) is 0 Å². The molecule has 0 bridgehead atoms. The molecule has 0 radical (unpaired) electrons. The van der Waals surface area contributed by atoms with Crippen molar-refractivity contribution in [1.82, 2.24) is 5.32 Å². The van der Waals surface area contributed by atoms with Crippen LogP contribution in [0.25, 0.3) is 0 Å². The fraction of sp³-hybridized carbons (Fsp3) is 0.438. The van der Waals surface area contributed by atoms with Crippen LogP contribution in [0.15, 0.2) is 30.3 Å². The second kappa shape index (κ2) is 8.17. The number of esters is 1. The molecule has 1 aromatic carbocycles. The van der Waals surface area contributed by atoms with E-state index in [-0.39, 0.29) is 18.7 Å². The maximum atomic E-state index is 11.8. The molecular formula is C16H21NO5. The maximum absolute atomic E-state index is 11.8. The van der Waals surface area contributed by atoms with Crippen LogP contribution in [0.2, 0.25) is 0 Å². The van der Waals surface area contributed by atoms with Crippen molar-refractivity contribution in [3.63, 3.8) is 0 Å². The van der Waals surface area contributed by atoms with Gasteiger partial charge < -0.3 is 14.8 Å². The number of Topliss-reactive ketones (excluding diaryl/α,β-unsaturated/α-hetero) is 1. The predicted octanol–water partition coefficient (Wildman–Crippen LogP) is 2.33. The molecule has 0 spiro atoms. The van der Waals surface area contributed by atoms with E-state index >= 15 is 0 Å². The summed E-state index contributed by atoms with van der Waals surface area (Å²) in [5.74, 6) is -0.698. The van der Waals surface area contributed by atoms with Gasteiger partial charge in [0, 0.05) is 18.5 Å². The Morgan fingerprint density at radius 3 is 2.32 bits per heavy atom. The van der Waals surface area contributed by atoms with Gasteiger partial charge >= 0.3 is 12.1 Å². The van der Waals surface area contributed by atoms with Gasteiger partial charge in [-0.1, -0.05) is 30.3 Å². The first-order valence-corrected chi connectivity index (χ1v) is 6.98. The third-order valence-electron chi connectivity index (χ3n) is 2.46. The molecule has 0 saturated heterocycles. The van der Waals surface area contributed by atoms with E-state index in [1.165, 1.54) is 0 Å². The molecule has 1 rings (SSSR count). The average molecular weight is 307 g/mol. The minimum Gasteiger partial charge on any atom is -0.457 e. The van der Waals surface area contributed by atoms with Crippen molar-refractivity contribution in [2.24, 2.45) is 0 Å².